The van der Waals surface area contributed by atoms with Crippen molar-refractivity contribution in [1.29, 1.82) is 0 Å². The quantitative estimate of drug-likeness (QED) is 0.219. The predicted molar refractivity (Wildman–Crippen MR) is 146 cm³/mol. The Morgan fingerprint density at radius 1 is 1.00 bits per heavy atom. The summed E-state index contributed by atoms with van der Waals surface area (Å²) in [4.78, 5) is 21.0. The first-order valence-corrected chi connectivity index (χ1v) is 13.5. The summed E-state index contributed by atoms with van der Waals surface area (Å²) in [6, 6.07) is 24.0. The molecule has 0 unspecified atom stereocenters. The maximum Gasteiger partial charge on any atom is 0.277 e. The Labute approximate surface area is 218 Å². The summed E-state index contributed by atoms with van der Waals surface area (Å²) in [6.07, 6.45) is 0. The van der Waals surface area contributed by atoms with E-state index < -0.39 is 0 Å². The van der Waals surface area contributed by atoms with Crippen LogP contribution in [-0.2, 0) is 11.3 Å². The van der Waals surface area contributed by atoms with Crippen LogP contribution in [0.1, 0.15) is 26.3 Å². The minimum atomic E-state index is -0.318. The van der Waals surface area contributed by atoms with E-state index in [0.29, 0.717) is 17.7 Å². The third-order valence-electron chi connectivity index (χ3n) is 5.74. The van der Waals surface area contributed by atoms with E-state index in [-0.39, 0.29) is 17.2 Å². The number of nitrogens with zero attached hydrogens (tertiary/aromatic N) is 4. The number of thioether (sulfide) groups is 1. The zero-order valence-electron chi connectivity index (χ0n) is 20.3. The summed E-state index contributed by atoms with van der Waals surface area (Å²) in [6.45, 7) is 6.68. The monoisotopic (exact) mass is 514 g/mol. The number of thiophene rings is 1. The minimum absolute atomic E-state index is 0.0189. The van der Waals surface area contributed by atoms with E-state index in [1.165, 1.54) is 11.8 Å². The Balaban J connectivity index is 1.37. The number of aromatic nitrogens is 3. The first-order valence-electron chi connectivity index (χ1n) is 11.6. The van der Waals surface area contributed by atoms with Crippen LogP contribution < -0.4 is 0 Å². The first-order chi connectivity index (χ1) is 17.4. The van der Waals surface area contributed by atoms with Crippen molar-refractivity contribution in [2.45, 2.75) is 38.1 Å². The van der Waals surface area contributed by atoms with Gasteiger partial charge in [-0.3, -0.25) is 4.79 Å². The first kappa shape index (κ1) is 24.2. The van der Waals surface area contributed by atoms with Crippen molar-refractivity contribution in [2.75, 3.05) is 5.75 Å². The molecule has 182 valence electrons. The molecule has 0 aliphatic heterocycles. The van der Waals surface area contributed by atoms with Crippen LogP contribution >= 0.6 is 23.1 Å². The van der Waals surface area contributed by atoms with Gasteiger partial charge in [-0.15, -0.1) is 21.5 Å². The Morgan fingerprint density at radius 3 is 2.53 bits per heavy atom. The minimum Gasteiger partial charge on any atom is -0.411 e. The summed E-state index contributed by atoms with van der Waals surface area (Å²) in [5.74, 6) is 0.646. The largest absolute Gasteiger partial charge is 0.411 e. The fraction of sp³-hybridized carbons (Fsp3) is 0.214. The maximum atomic E-state index is 13.2. The molecule has 0 spiro atoms. The van der Waals surface area contributed by atoms with Crippen molar-refractivity contribution in [1.82, 2.24) is 20.1 Å². The van der Waals surface area contributed by atoms with Crippen LogP contribution in [0.3, 0.4) is 0 Å². The Morgan fingerprint density at radius 2 is 1.78 bits per heavy atom. The average molecular weight is 515 g/mol. The maximum absolute atomic E-state index is 13.2. The van der Waals surface area contributed by atoms with Gasteiger partial charge in [-0.1, -0.05) is 66.4 Å². The molecule has 0 bridgehead atoms. The molecule has 2 aromatic carbocycles. The van der Waals surface area contributed by atoms with Gasteiger partial charge in [0.25, 0.3) is 5.22 Å². The second kappa shape index (κ2) is 10.2. The van der Waals surface area contributed by atoms with Gasteiger partial charge in [-0.05, 0) is 49.9 Å². The van der Waals surface area contributed by atoms with E-state index >= 15 is 0 Å². The van der Waals surface area contributed by atoms with Gasteiger partial charge in [0.1, 0.15) is 0 Å². The molecule has 5 rings (SSSR count). The van der Waals surface area contributed by atoms with Crippen LogP contribution in [0.4, 0.5) is 0 Å². The van der Waals surface area contributed by atoms with Crippen LogP contribution in [0, 0.1) is 0 Å². The van der Waals surface area contributed by atoms with Crippen molar-refractivity contribution in [3.63, 3.8) is 0 Å². The highest BCUT2D eigenvalue weighted by Crippen LogP contribution is 2.34. The Bertz CT molecular complexity index is 1470. The van der Waals surface area contributed by atoms with E-state index in [9.17, 15) is 4.79 Å². The lowest BCUT2D eigenvalue weighted by Gasteiger charge is -2.35. The molecule has 0 saturated carbocycles. The third kappa shape index (κ3) is 5.34. The standard InChI is InChI=1S/C28H26N4O2S2/c1-28(2,3)32(17-19-10-5-4-6-11-19)25(33)18-36-27-31-30-26(34-27)21-16-23(24-14-9-15-35-24)29-22-13-8-7-12-20(21)22/h4-16H,17-18H2,1-3H3. The smallest absolute Gasteiger partial charge is 0.277 e. The van der Waals surface area contributed by atoms with Crippen LogP contribution in [0.5, 0.6) is 0 Å². The van der Waals surface area contributed by atoms with E-state index in [4.69, 9.17) is 9.40 Å². The van der Waals surface area contributed by atoms with Crippen LogP contribution in [-0.4, -0.2) is 37.3 Å². The van der Waals surface area contributed by atoms with Gasteiger partial charge in [-0.2, -0.15) is 0 Å². The van der Waals surface area contributed by atoms with Crippen molar-refractivity contribution in [3.8, 4) is 22.0 Å². The highest BCUT2D eigenvalue weighted by Gasteiger charge is 2.27. The lowest BCUT2D eigenvalue weighted by Crippen LogP contribution is -2.45. The lowest BCUT2D eigenvalue weighted by atomic mass is 10.0. The van der Waals surface area contributed by atoms with Crippen molar-refractivity contribution >= 4 is 39.9 Å². The van der Waals surface area contributed by atoms with Crippen molar-refractivity contribution in [2.24, 2.45) is 0 Å². The zero-order chi connectivity index (χ0) is 25.1. The predicted octanol–water partition coefficient (Wildman–Crippen LogP) is 6.93. The second-order valence-electron chi connectivity index (χ2n) is 9.35. The number of amides is 1. The number of hydrogen-bond acceptors (Lipinski definition) is 7. The molecule has 6 nitrogen and oxygen atoms in total. The average Bonchev–Trinajstić information content (AvgIpc) is 3.58. The topological polar surface area (TPSA) is 72.1 Å². The summed E-state index contributed by atoms with van der Waals surface area (Å²) in [7, 11) is 0. The van der Waals surface area contributed by atoms with Gasteiger partial charge in [0, 0.05) is 17.5 Å². The van der Waals surface area contributed by atoms with E-state index in [2.05, 4.69) is 10.2 Å². The molecule has 8 heteroatoms. The fourth-order valence-corrected chi connectivity index (χ4v) is 5.27. The third-order valence-corrected chi connectivity index (χ3v) is 7.44. The summed E-state index contributed by atoms with van der Waals surface area (Å²) in [5.41, 5.74) is 3.33. The summed E-state index contributed by atoms with van der Waals surface area (Å²) < 4.78 is 6.03. The fourth-order valence-electron chi connectivity index (χ4n) is 3.95. The molecule has 0 aliphatic carbocycles. The molecular weight excluding hydrogens is 488 g/mol. The molecule has 5 aromatic rings. The Hall–Kier alpha value is -3.49. The molecule has 0 N–H and O–H groups in total. The van der Waals surface area contributed by atoms with E-state index in [1.807, 2.05) is 104 Å². The van der Waals surface area contributed by atoms with Gasteiger partial charge in [0.15, 0.2) is 0 Å². The lowest BCUT2D eigenvalue weighted by molar-refractivity contribution is -0.133. The number of para-hydroxylation sites is 1. The molecule has 0 fully saturated rings. The zero-order valence-corrected chi connectivity index (χ0v) is 22.0. The van der Waals surface area contributed by atoms with E-state index in [0.717, 1.165) is 32.6 Å². The molecule has 36 heavy (non-hydrogen) atoms. The highest BCUT2D eigenvalue weighted by atomic mass is 32.2. The SMILES string of the molecule is CC(C)(C)N(Cc1ccccc1)C(=O)CSc1nnc(-c2cc(-c3cccs3)nc3ccccc23)o1. The molecular formula is C28H26N4O2S2. The van der Waals surface area contributed by atoms with Crippen LogP contribution in [0.15, 0.2) is 87.8 Å². The molecule has 0 radical (unpaired) electrons. The van der Waals surface area contributed by atoms with Gasteiger partial charge in [0.2, 0.25) is 11.8 Å². The summed E-state index contributed by atoms with van der Waals surface area (Å²) in [5, 5.41) is 11.9. The van der Waals surface area contributed by atoms with Gasteiger partial charge >= 0.3 is 0 Å². The van der Waals surface area contributed by atoms with Gasteiger partial charge < -0.3 is 9.32 Å². The molecule has 3 aromatic heterocycles. The Kier molecular flexibility index (Phi) is 6.89. The van der Waals surface area contributed by atoms with Gasteiger partial charge in [0.05, 0.1) is 27.4 Å². The normalized spacial score (nSPS) is 11.6. The van der Waals surface area contributed by atoms with Crippen molar-refractivity contribution in [3.05, 3.63) is 83.7 Å². The van der Waals surface area contributed by atoms with Crippen LogP contribution in [0.25, 0.3) is 32.9 Å². The molecule has 1 amide bonds. The summed E-state index contributed by atoms with van der Waals surface area (Å²) >= 11 is 2.90. The number of carbonyl (C=O) groups is 1. The number of carbonyl (C=O) groups excluding carboxylic acids is 1. The number of hydrogen-bond donors (Lipinski definition) is 0. The number of fused-ring (bicyclic) bond motifs is 1. The van der Waals surface area contributed by atoms with Crippen LogP contribution in [0.2, 0.25) is 0 Å². The number of benzene rings is 2. The molecule has 0 saturated heterocycles. The number of rotatable bonds is 7. The van der Waals surface area contributed by atoms with Gasteiger partial charge in [-0.25, -0.2) is 4.98 Å². The van der Waals surface area contributed by atoms with E-state index in [1.54, 1.807) is 11.3 Å². The molecule has 0 atom stereocenters. The van der Waals surface area contributed by atoms with Crippen molar-refractivity contribution < 1.29 is 9.21 Å². The molecule has 3 heterocycles. The highest BCUT2D eigenvalue weighted by molar-refractivity contribution is 7.99. The second-order valence-corrected chi connectivity index (χ2v) is 11.2. The molecule has 0 aliphatic rings. The number of pyridine rings is 1.